The number of carbonyl (C=O) groups excluding carboxylic acids is 1. The highest BCUT2D eigenvalue weighted by Gasteiger charge is 2.34. The number of hydrogen-bond donors (Lipinski definition) is 2. The lowest BCUT2D eigenvalue weighted by atomic mass is 9.99. The smallest absolute Gasteiger partial charge is 0.251 e. The van der Waals surface area contributed by atoms with Crippen molar-refractivity contribution in [2.24, 2.45) is 0 Å². The Bertz CT molecular complexity index is 670. The van der Waals surface area contributed by atoms with Crippen LogP contribution in [-0.4, -0.2) is 37.7 Å². The fourth-order valence-corrected chi connectivity index (χ4v) is 4.57. The molecule has 2 N–H and O–H groups in total. The lowest BCUT2D eigenvalue weighted by Gasteiger charge is -2.29. The van der Waals surface area contributed by atoms with Crippen molar-refractivity contribution in [1.82, 2.24) is 10.6 Å². The highest BCUT2D eigenvalue weighted by Crippen LogP contribution is 2.27. The molecule has 0 radical (unpaired) electrons. The minimum atomic E-state index is -3.29. The molecule has 2 unspecified atom stereocenters. The van der Waals surface area contributed by atoms with Gasteiger partial charge in [0.25, 0.3) is 5.91 Å². The molecule has 0 aromatic heterocycles. The quantitative estimate of drug-likeness (QED) is 0.880. The van der Waals surface area contributed by atoms with Gasteiger partial charge in [0.05, 0.1) is 10.1 Å². The molecular formula is C17H24N2O3S. The van der Waals surface area contributed by atoms with Crippen LogP contribution in [0.25, 0.3) is 0 Å². The van der Waals surface area contributed by atoms with E-state index in [1.807, 2.05) is 0 Å². The van der Waals surface area contributed by atoms with Crippen molar-refractivity contribution in [2.75, 3.05) is 0 Å². The van der Waals surface area contributed by atoms with Crippen LogP contribution >= 0.6 is 0 Å². The van der Waals surface area contributed by atoms with Gasteiger partial charge in [-0.25, -0.2) is 8.42 Å². The highest BCUT2D eigenvalue weighted by molar-refractivity contribution is 7.92. The van der Waals surface area contributed by atoms with Crippen LogP contribution in [0, 0.1) is 0 Å². The Kier molecular flexibility index (Phi) is 4.47. The number of nitrogens with one attached hydrogen (secondary N) is 2. The zero-order valence-corrected chi connectivity index (χ0v) is 14.4. The summed E-state index contributed by atoms with van der Waals surface area (Å²) in [4.78, 5) is 12.6. The topological polar surface area (TPSA) is 75.3 Å². The summed E-state index contributed by atoms with van der Waals surface area (Å²) >= 11 is 0. The van der Waals surface area contributed by atoms with Gasteiger partial charge in [0.2, 0.25) is 0 Å². The van der Waals surface area contributed by atoms with E-state index in [0.29, 0.717) is 17.6 Å². The lowest BCUT2D eigenvalue weighted by Crippen LogP contribution is -2.48. The molecule has 2 atom stereocenters. The number of carbonyl (C=O) groups is 1. The molecule has 0 aliphatic carbocycles. The first-order valence-corrected chi connectivity index (χ1v) is 9.82. The standard InChI is InChI=1S/C17H24N2O3S/c1-11(2)23(21,22)16-7-3-12(4-8-16)17(20)19-15-9-13-5-6-14(10-15)18-13/h3-4,7-8,11,13-15,18H,5-6,9-10H2,1-2H3,(H,19,20). The molecule has 2 saturated heterocycles. The van der Waals surface area contributed by atoms with Crippen molar-refractivity contribution < 1.29 is 13.2 Å². The number of piperidine rings is 1. The number of amides is 1. The Morgan fingerprint density at radius 3 is 2.22 bits per heavy atom. The first kappa shape index (κ1) is 16.5. The van der Waals surface area contributed by atoms with E-state index in [-0.39, 0.29) is 16.8 Å². The second-order valence-electron chi connectivity index (χ2n) is 6.90. The molecule has 2 aliphatic rings. The molecule has 1 amide bonds. The van der Waals surface area contributed by atoms with E-state index >= 15 is 0 Å². The van der Waals surface area contributed by atoms with Gasteiger partial charge in [-0.05, 0) is 63.8 Å². The van der Waals surface area contributed by atoms with Crippen molar-refractivity contribution in [2.45, 2.75) is 67.8 Å². The molecule has 2 fully saturated rings. The Labute approximate surface area is 137 Å². The van der Waals surface area contributed by atoms with E-state index in [2.05, 4.69) is 10.6 Å². The zero-order valence-electron chi connectivity index (χ0n) is 13.6. The number of fused-ring (bicyclic) bond motifs is 2. The summed E-state index contributed by atoms with van der Waals surface area (Å²) in [5.74, 6) is -0.121. The highest BCUT2D eigenvalue weighted by atomic mass is 32.2. The maximum atomic E-state index is 12.4. The third kappa shape index (κ3) is 3.43. The predicted molar refractivity (Wildman–Crippen MR) is 89.2 cm³/mol. The molecular weight excluding hydrogens is 312 g/mol. The minimum Gasteiger partial charge on any atom is -0.349 e. The van der Waals surface area contributed by atoms with E-state index in [1.54, 1.807) is 26.0 Å². The molecule has 23 heavy (non-hydrogen) atoms. The van der Waals surface area contributed by atoms with Gasteiger partial charge in [-0.15, -0.1) is 0 Å². The number of sulfone groups is 1. The van der Waals surface area contributed by atoms with Crippen LogP contribution in [0.3, 0.4) is 0 Å². The second-order valence-corrected chi connectivity index (χ2v) is 9.40. The van der Waals surface area contributed by atoms with Crippen molar-refractivity contribution in [1.29, 1.82) is 0 Å². The molecule has 126 valence electrons. The lowest BCUT2D eigenvalue weighted by molar-refractivity contribution is 0.0924. The minimum absolute atomic E-state index is 0.121. The van der Waals surface area contributed by atoms with Gasteiger partial charge in [-0.1, -0.05) is 0 Å². The summed E-state index contributed by atoms with van der Waals surface area (Å²) < 4.78 is 24.2. The Morgan fingerprint density at radius 1 is 1.13 bits per heavy atom. The molecule has 0 spiro atoms. The number of hydrogen-bond acceptors (Lipinski definition) is 4. The van der Waals surface area contributed by atoms with Crippen LogP contribution in [0.5, 0.6) is 0 Å². The van der Waals surface area contributed by atoms with Crippen LogP contribution in [0.2, 0.25) is 0 Å². The number of benzene rings is 1. The van der Waals surface area contributed by atoms with Crippen molar-refractivity contribution >= 4 is 15.7 Å². The summed E-state index contributed by atoms with van der Waals surface area (Å²) in [6, 6.07) is 7.50. The molecule has 2 aliphatic heterocycles. The number of rotatable bonds is 4. The molecule has 1 aromatic rings. The molecule has 3 rings (SSSR count). The third-order valence-corrected chi connectivity index (χ3v) is 7.04. The van der Waals surface area contributed by atoms with Crippen molar-refractivity contribution in [3.63, 3.8) is 0 Å². The Hall–Kier alpha value is -1.40. The average Bonchev–Trinajstić information content (AvgIpc) is 2.86. The molecule has 0 saturated carbocycles. The normalized spacial score (nSPS) is 27.2. The first-order chi connectivity index (χ1) is 10.9. The molecule has 6 heteroatoms. The Morgan fingerprint density at radius 2 is 1.70 bits per heavy atom. The van der Waals surface area contributed by atoms with Crippen LogP contribution < -0.4 is 10.6 Å². The van der Waals surface area contributed by atoms with Gasteiger partial charge in [0, 0.05) is 23.7 Å². The fourth-order valence-electron chi connectivity index (χ4n) is 3.51. The molecule has 2 bridgehead atoms. The maximum absolute atomic E-state index is 12.4. The van der Waals surface area contributed by atoms with Crippen molar-refractivity contribution in [3.8, 4) is 0 Å². The Balaban J connectivity index is 1.66. The van der Waals surface area contributed by atoms with Gasteiger partial charge in [0.1, 0.15) is 0 Å². The van der Waals surface area contributed by atoms with Gasteiger partial charge < -0.3 is 10.6 Å². The van der Waals surface area contributed by atoms with Crippen molar-refractivity contribution in [3.05, 3.63) is 29.8 Å². The third-order valence-electron chi connectivity index (χ3n) is 4.87. The maximum Gasteiger partial charge on any atom is 0.251 e. The summed E-state index contributed by atoms with van der Waals surface area (Å²) in [7, 11) is -3.29. The average molecular weight is 336 g/mol. The molecule has 2 heterocycles. The van der Waals surface area contributed by atoms with Crippen LogP contribution in [0.1, 0.15) is 49.9 Å². The van der Waals surface area contributed by atoms with Gasteiger partial charge in [-0.2, -0.15) is 0 Å². The van der Waals surface area contributed by atoms with E-state index in [4.69, 9.17) is 0 Å². The molecule has 1 aromatic carbocycles. The summed E-state index contributed by atoms with van der Waals surface area (Å²) in [6.07, 6.45) is 4.34. The summed E-state index contributed by atoms with van der Waals surface area (Å²) in [6.45, 7) is 3.31. The predicted octanol–water partition coefficient (Wildman–Crippen LogP) is 1.88. The summed E-state index contributed by atoms with van der Waals surface area (Å²) in [5.41, 5.74) is 0.513. The van der Waals surface area contributed by atoms with Crippen LogP contribution in [-0.2, 0) is 9.84 Å². The summed E-state index contributed by atoms with van der Waals surface area (Å²) in [5, 5.41) is 6.17. The zero-order chi connectivity index (χ0) is 16.6. The van der Waals surface area contributed by atoms with Crippen LogP contribution in [0.4, 0.5) is 0 Å². The van der Waals surface area contributed by atoms with Crippen LogP contribution in [0.15, 0.2) is 29.2 Å². The van der Waals surface area contributed by atoms with Gasteiger partial charge in [0.15, 0.2) is 9.84 Å². The largest absolute Gasteiger partial charge is 0.349 e. The monoisotopic (exact) mass is 336 g/mol. The first-order valence-electron chi connectivity index (χ1n) is 8.27. The molecule has 5 nitrogen and oxygen atoms in total. The second kappa shape index (κ2) is 6.24. The fraction of sp³-hybridized carbons (Fsp3) is 0.588. The van der Waals surface area contributed by atoms with Gasteiger partial charge in [-0.3, -0.25) is 4.79 Å². The van der Waals surface area contributed by atoms with E-state index in [9.17, 15) is 13.2 Å². The SMILES string of the molecule is CC(C)S(=O)(=O)c1ccc(C(=O)NC2CC3CCC(C2)N3)cc1. The van der Waals surface area contributed by atoms with Gasteiger partial charge >= 0.3 is 0 Å². The van der Waals surface area contributed by atoms with E-state index in [1.165, 1.54) is 25.0 Å². The van der Waals surface area contributed by atoms with E-state index in [0.717, 1.165) is 12.8 Å². The van der Waals surface area contributed by atoms with E-state index < -0.39 is 15.1 Å².